The SMILES string of the molecule is COc1ccc(C(=O)NC2CCCN(c3cc(N(C)C)ncn3)C2)cn1. The molecule has 1 aliphatic heterocycles. The molecule has 1 atom stereocenters. The van der Waals surface area contributed by atoms with Crippen molar-refractivity contribution < 1.29 is 9.53 Å². The molecule has 0 radical (unpaired) electrons. The summed E-state index contributed by atoms with van der Waals surface area (Å²) < 4.78 is 5.02. The van der Waals surface area contributed by atoms with E-state index >= 15 is 0 Å². The van der Waals surface area contributed by atoms with E-state index in [0.717, 1.165) is 37.6 Å². The van der Waals surface area contributed by atoms with Gasteiger partial charge < -0.3 is 19.9 Å². The molecule has 1 saturated heterocycles. The van der Waals surface area contributed by atoms with Crippen LogP contribution in [0.3, 0.4) is 0 Å². The molecule has 1 fully saturated rings. The van der Waals surface area contributed by atoms with Gasteiger partial charge in [-0.05, 0) is 18.9 Å². The molecule has 3 heterocycles. The van der Waals surface area contributed by atoms with E-state index in [0.29, 0.717) is 11.4 Å². The number of ether oxygens (including phenoxy) is 1. The molecular weight excluding hydrogens is 332 g/mol. The van der Waals surface area contributed by atoms with E-state index in [1.807, 2.05) is 25.1 Å². The van der Waals surface area contributed by atoms with Gasteiger partial charge in [0.2, 0.25) is 5.88 Å². The van der Waals surface area contributed by atoms with Gasteiger partial charge in [0, 0.05) is 51.6 Å². The van der Waals surface area contributed by atoms with Crippen LogP contribution in [0.5, 0.6) is 5.88 Å². The molecule has 138 valence electrons. The Morgan fingerprint density at radius 3 is 2.85 bits per heavy atom. The third kappa shape index (κ3) is 4.19. The number of pyridine rings is 1. The van der Waals surface area contributed by atoms with Gasteiger partial charge in [0.05, 0.1) is 12.7 Å². The summed E-state index contributed by atoms with van der Waals surface area (Å²) in [5.41, 5.74) is 0.528. The van der Waals surface area contributed by atoms with Crippen molar-refractivity contribution in [2.75, 3.05) is 44.1 Å². The van der Waals surface area contributed by atoms with Gasteiger partial charge >= 0.3 is 0 Å². The van der Waals surface area contributed by atoms with E-state index in [2.05, 4.69) is 25.2 Å². The molecule has 0 aliphatic carbocycles. The number of nitrogens with zero attached hydrogens (tertiary/aromatic N) is 5. The molecule has 1 unspecified atom stereocenters. The zero-order chi connectivity index (χ0) is 18.5. The zero-order valence-electron chi connectivity index (χ0n) is 15.3. The maximum Gasteiger partial charge on any atom is 0.253 e. The highest BCUT2D eigenvalue weighted by molar-refractivity contribution is 5.94. The lowest BCUT2D eigenvalue weighted by Crippen LogP contribution is -2.48. The van der Waals surface area contributed by atoms with E-state index in [1.54, 1.807) is 25.6 Å². The molecule has 1 amide bonds. The number of nitrogens with one attached hydrogen (secondary N) is 1. The quantitative estimate of drug-likeness (QED) is 0.865. The normalized spacial score (nSPS) is 16.9. The van der Waals surface area contributed by atoms with Crippen molar-refractivity contribution in [2.24, 2.45) is 0 Å². The van der Waals surface area contributed by atoms with Crippen molar-refractivity contribution in [3.63, 3.8) is 0 Å². The minimum Gasteiger partial charge on any atom is -0.481 e. The molecule has 0 spiro atoms. The van der Waals surface area contributed by atoms with Crippen molar-refractivity contribution >= 4 is 17.5 Å². The van der Waals surface area contributed by atoms with E-state index in [4.69, 9.17) is 4.74 Å². The molecule has 1 N–H and O–H groups in total. The van der Waals surface area contributed by atoms with Crippen LogP contribution in [0.4, 0.5) is 11.6 Å². The second kappa shape index (κ2) is 7.99. The summed E-state index contributed by atoms with van der Waals surface area (Å²) in [5, 5.41) is 3.09. The second-order valence-corrected chi connectivity index (χ2v) is 6.48. The van der Waals surface area contributed by atoms with Crippen LogP contribution >= 0.6 is 0 Å². The lowest BCUT2D eigenvalue weighted by atomic mass is 10.1. The van der Waals surface area contributed by atoms with Gasteiger partial charge in [0.1, 0.15) is 18.0 Å². The smallest absolute Gasteiger partial charge is 0.253 e. The summed E-state index contributed by atoms with van der Waals surface area (Å²) in [6.07, 6.45) is 5.04. The average Bonchev–Trinajstić information content (AvgIpc) is 2.68. The van der Waals surface area contributed by atoms with E-state index in [1.165, 1.54) is 6.20 Å². The van der Waals surface area contributed by atoms with Crippen LogP contribution in [-0.2, 0) is 0 Å². The van der Waals surface area contributed by atoms with Crippen LogP contribution in [0, 0.1) is 0 Å². The number of anilines is 2. The summed E-state index contributed by atoms with van der Waals surface area (Å²) in [7, 11) is 5.45. The molecule has 3 rings (SSSR count). The number of hydrogen-bond donors (Lipinski definition) is 1. The number of amides is 1. The standard InChI is InChI=1S/C18H24N6O2/c1-23(2)15-9-16(21-12-20-15)24-8-4-5-14(11-24)22-18(25)13-6-7-17(26-3)19-10-13/h6-7,9-10,12,14H,4-5,8,11H2,1-3H3,(H,22,25). The topological polar surface area (TPSA) is 83.5 Å². The second-order valence-electron chi connectivity index (χ2n) is 6.48. The Labute approximate surface area is 153 Å². The first kappa shape index (κ1) is 17.9. The Kier molecular flexibility index (Phi) is 5.50. The maximum absolute atomic E-state index is 12.5. The van der Waals surface area contributed by atoms with Crippen molar-refractivity contribution in [3.8, 4) is 5.88 Å². The average molecular weight is 356 g/mol. The number of carbonyl (C=O) groups is 1. The minimum absolute atomic E-state index is 0.0659. The highest BCUT2D eigenvalue weighted by atomic mass is 16.5. The first-order valence-electron chi connectivity index (χ1n) is 8.62. The lowest BCUT2D eigenvalue weighted by Gasteiger charge is -2.34. The van der Waals surface area contributed by atoms with Crippen molar-refractivity contribution in [1.29, 1.82) is 0 Å². The first-order chi connectivity index (χ1) is 12.6. The molecule has 0 saturated carbocycles. The van der Waals surface area contributed by atoms with E-state index < -0.39 is 0 Å². The monoisotopic (exact) mass is 356 g/mol. The molecule has 1 aliphatic rings. The van der Waals surface area contributed by atoms with Gasteiger partial charge in [-0.3, -0.25) is 4.79 Å². The molecular formula is C18H24N6O2. The van der Waals surface area contributed by atoms with Crippen LogP contribution in [0.15, 0.2) is 30.7 Å². The summed E-state index contributed by atoms with van der Waals surface area (Å²) in [6.45, 7) is 1.64. The van der Waals surface area contributed by atoms with E-state index in [-0.39, 0.29) is 11.9 Å². The van der Waals surface area contributed by atoms with E-state index in [9.17, 15) is 4.79 Å². The third-order valence-corrected chi connectivity index (χ3v) is 4.38. The Morgan fingerprint density at radius 2 is 2.15 bits per heavy atom. The number of piperidine rings is 1. The summed E-state index contributed by atoms with van der Waals surface area (Å²) in [6, 6.07) is 5.44. The van der Waals surface area contributed by atoms with Crippen LogP contribution in [-0.4, -0.2) is 61.2 Å². The van der Waals surface area contributed by atoms with Gasteiger partial charge in [0.25, 0.3) is 5.91 Å². The van der Waals surface area contributed by atoms with Crippen LogP contribution < -0.4 is 19.9 Å². The Bertz CT molecular complexity index is 750. The summed E-state index contributed by atoms with van der Waals surface area (Å²) in [5.74, 6) is 2.12. The highest BCUT2D eigenvalue weighted by Gasteiger charge is 2.23. The van der Waals surface area contributed by atoms with Crippen molar-refractivity contribution in [3.05, 3.63) is 36.3 Å². The number of methoxy groups -OCH3 is 1. The molecule has 0 bridgehead atoms. The third-order valence-electron chi connectivity index (χ3n) is 4.38. The molecule has 2 aromatic heterocycles. The minimum atomic E-state index is -0.122. The maximum atomic E-state index is 12.5. The van der Waals surface area contributed by atoms with Crippen LogP contribution in [0.25, 0.3) is 0 Å². The Balaban J connectivity index is 1.64. The predicted molar refractivity (Wildman–Crippen MR) is 99.8 cm³/mol. The summed E-state index contributed by atoms with van der Waals surface area (Å²) in [4.78, 5) is 29.3. The molecule has 26 heavy (non-hydrogen) atoms. The van der Waals surface area contributed by atoms with Gasteiger partial charge in [-0.25, -0.2) is 15.0 Å². The fraction of sp³-hybridized carbons (Fsp3) is 0.444. The molecule has 8 heteroatoms. The fourth-order valence-corrected chi connectivity index (χ4v) is 2.96. The van der Waals surface area contributed by atoms with Crippen LogP contribution in [0.2, 0.25) is 0 Å². The summed E-state index contributed by atoms with van der Waals surface area (Å²) >= 11 is 0. The predicted octanol–water partition coefficient (Wildman–Crippen LogP) is 1.34. The number of carbonyl (C=O) groups excluding carboxylic acids is 1. The molecule has 2 aromatic rings. The Hall–Kier alpha value is -2.90. The highest BCUT2D eigenvalue weighted by Crippen LogP contribution is 2.20. The van der Waals surface area contributed by atoms with Gasteiger partial charge in [-0.15, -0.1) is 0 Å². The fourth-order valence-electron chi connectivity index (χ4n) is 2.96. The molecule has 0 aromatic carbocycles. The van der Waals surface area contributed by atoms with Crippen molar-refractivity contribution in [2.45, 2.75) is 18.9 Å². The first-order valence-corrected chi connectivity index (χ1v) is 8.62. The van der Waals surface area contributed by atoms with Crippen molar-refractivity contribution in [1.82, 2.24) is 20.3 Å². The largest absolute Gasteiger partial charge is 0.481 e. The zero-order valence-corrected chi connectivity index (χ0v) is 15.3. The Morgan fingerprint density at radius 1 is 1.31 bits per heavy atom. The number of rotatable bonds is 5. The van der Waals surface area contributed by atoms with Gasteiger partial charge in [0.15, 0.2) is 0 Å². The van der Waals surface area contributed by atoms with Gasteiger partial charge in [-0.2, -0.15) is 0 Å². The molecule has 8 nitrogen and oxygen atoms in total. The number of hydrogen-bond acceptors (Lipinski definition) is 7. The van der Waals surface area contributed by atoms with Gasteiger partial charge in [-0.1, -0.05) is 0 Å². The lowest BCUT2D eigenvalue weighted by molar-refractivity contribution is 0.0932. The number of aromatic nitrogens is 3. The van der Waals surface area contributed by atoms with Crippen LogP contribution in [0.1, 0.15) is 23.2 Å².